The molecule has 0 heterocycles. The van der Waals surface area contributed by atoms with Crippen LogP contribution in [0, 0.1) is 0 Å². The number of rotatable bonds is 5. The van der Waals surface area contributed by atoms with Crippen molar-refractivity contribution in [2.45, 2.75) is 19.8 Å². The summed E-state index contributed by atoms with van der Waals surface area (Å²) in [4.78, 5) is 22.3. The van der Waals surface area contributed by atoms with Crippen molar-refractivity contribution in [1.82, 2.24) is 0 Å². The minimum absolute atomic E-state index is 0.109. The zero-order valence-electron chi connectivity index (χ0n) is 9.82. The van der Waals surface area contributed by atoms with Gasteiger partial charge in [0.1, 0.15) is 5.75 Å². The van der Waals surface area contributed by atoms with E-state index in [1.54, 1.807) is 0 Å². The van der Waals surface area contributed by atoms with Crippen LogP contribution in [0.5, 0.6) is 5.75 Å². The molecule has 0 fully saturated rings. The number of hydrogen-bond acceptors (Lipinski definition) is 3. The number of benzene rings is 1. The number of methoxy groups -OCH3 is 1. The molecule has 92 valence electrons. The Hall–Kier alpha value is -2.04. The molecular weight excluding hydrogens is 222 g/mol. The van der Waals surface area contributed by atoms with Crippen LogP contribution in [0.2, 0.25) is 0 Å². The number of hydrogen-bond donors (Lipinski definition) is 2. The summed E-state index contributed by atoms with van der Waals surface area (Å²) in [6, 6.07) is 4.33. The fraction of sp³-hybridized carbons (Fsp3) is 0.333. The third kappa shape index (κ3) is 3.48. The summed E-state index contributed by atoms with van der Waals surface area (Å²) in [6.45, 7) is 1.89. The number of ether oxygens (including phenoxy) is 1. The largest absolute Gasteiger partial charge is 0.495 e. The summed E-state index contributed by atoms with van der Waals surface area (Å²) in [5.74, 6) is -0.758. The van der Waals surface area contributed by atoms with Crippen molar-refractivity contribution in [3.63, 3.8) is 0 Å². The average Bonchev–Trinajstić information content (AvgIpc) is 2.29. The molecule has 0 saturated heterocycles. The summed E-state index contributed by atoms with van der Waals surface area (Å²) >= 11 is 0. The Balaban J connectivity index is 2.97. The maximum atomic E-state index is 11.4. The van der Waals surface area contributed by atoms with Crippen molar-refractivity contribution in [3.05, 3.63) is 23.8 Å². The molecule has 0 radical (unpaired) electrons. The number of carbonyl (C=O) groups excluding carboxylic acids is 1. The van der Waals surface area contributed by atoms with Gasteiger partial charge in [-0.15, -0.1) is 0 Å². The lowest BCUT2D eigenvalue weighted by Crippen LogP contribution is -2.12. The van der Waals surface area contributed by atoms with Crippen LogP contribution in [0.3, 0.4) is 0 Å². The first kappa shape index (κ1) is 13.0. The molecule has 0 aliphatic heterocycles. The zero-order valence-corrected chi connectivity index (χ0v) is 9.82. The minimum atomic E-state index is -1.04. The molecule has 1 amide bonds. The van der Waals surface area contributed by atoms with E-state index in [1.807, 2.05) is 6.92 Å². The van der Waals surface area contributed by atoms with Crippen molar-refractivity contribution in [2.24, 2.45) is 0 Å². The second-order valence-electron chi connectivity index (χ2n) is 3.52. The number of carbonyl (C=O) groups is 2. The Morgan fingerprint density at radius 3 is 2.65 bits per heavy atom. The molecule has 0 unspecified atom stereocenters. The fourth-order valence-corrected chi connectivity index (χ4v) is 1.38. The van der Waals surface area contributed by atoms with E-state index in [4.69, 9.17) is 9.84 Å². The number of aromatic carboxylic acids is 1. The normalized spacial score (nSPS) is 9.76. The van der Waals surface area contributed by atoms with Crippen molar-refractivity contribution >= 4 is 17.6 Å². The van der Waals surface area contributed by atoms with Crippen molar-refractivity contribution in [1.29, 1.82) is 0 Å². The molecule has 2 N–H and O–H groups in total. The quantitative estimate of drug-likeness (QED) is 0.822. The number of carboxylic acids is 1. The van der Waals surface area contributed by atoms with Gasteiger partial charge in [0, 0.05) is 6.42 Å². The second-order valence-corrected chi connectivity index (χ2v) is 3.52. The van der Waals surface area contributed by atoms with E-state index in [1.165, 1.54) is 25.3 Å². The molecule has 1 aromatic carbocycles. The second kappa shape index (κ2) is 5.89. The average molecular weight is 237 g/mol. The van der Waals surface area contributed by atoms with Crippen LogP contribution in [-0.4, -0.2) is 24.1 Å². The third-order valence-electron chi connectivity index (χ3n) is 2.20. The number of anilines is 1. The Morgan fingerprint density at radius 1 is 1.41 bits per heavy atom. The molecule has 1 aromatic rings. The van der Waals surface area contributed by atoms with Gasteiger partial charge >= 0.3 is 5.97 Å². The molecule has 0 saturated carbocycles. The van der Waals surface area contributed by atoms with E-state index < -0.39 is 5.97 Å². The van der Waals surface area contributed by atoms with Gasteiger partial charge in [0.15, 0.2) is 0 Å². The standard InChI is InChI=1S/C12H15NO4/c1-3-4-11(14)13-9-7-8(12(15)16)5-6-10(9)17-2/h5-7H,3-4H2,1-2H3,(H,13,14)(H,15,16). The zero-order chi connectivity index (χ0) is 12.8. The Bertz CT molecular complexity index is 429. The molecule has 0 aliphatic rings. The molecular formula is C12H15NO4. The first-order valence-electron chi connectivity index (χ1n) is 5.29. The molecule has 0 bridgehead atoms. The lowest BCUT2D eigenvalue weighted by atomic mass is 10.2. The van der Waals surface area contributed by atoms with Crippen LogP contribution in [0.4, 0.5) is 5.69 Å². The van der Waals surface area contributed by atoms with Gasteiger partial charge in [0.2, 0.25) is 5.91 Å². The highest BCUT2D eigenvalue weighted by Gasteiger charge is 2.10. The summed E-state index contributed by atoms with van der Waals surface area (Å²) in [5, 5.41) is 11.5. The van der Waals surface area contributed by atoms with E-state index >= 15 is 0 Å². The third-order valence-corrected chi connectivity index (χ3v) is 2.20. The van der Waals surface area contributed by atoms with Gasteiger partial charge in [0.25, 0.3) is 0 Å². The molecule has 0 spiro atoms. The van der Waals surface area contributed by atoms with Crippen LogP contribution in [0.15, 0.2) is 18.2 Å². The smallest absolute Gasteiger partial charge is 0.335 e. The van der Waals surface area contributed by atoms with Gasteiger partial charge in [-0.2, -0.15) is 0 Å². The lowest BCUT2D eigenvalue weighted by molar-refractivity contribution is -0.116. The molecule has 5 nitrogen and oxygen atoms in total. The van der Waals surface area contributed by atoms with Gasteiger partial charge in [-0.1, -0.05) is 6.92 Å². The number of amides is 1. The lowest BCUT2D eigenvalue weighted by Gasteiger charge is -2.10. The Morgan fingerprint density at radius 2 is 2.12 bits per heavy atom. The minimum Gasteiger partial charge on any atom is -0.495 e. The molecule has 0 aromatic heterocycles. The van der Waals surface area contributed by atoms with Gasteiger partial charge in [-0.3, -0.25) is 4.79 Å². The van der Waals surface area contributed by atoms with E-state index in [0.717, 1.165) is 6.42 Å². The molecule has 17 heavy (non-hydrogen) atoms. The summed E-state index contributed by atoms with van der Waals surface area (Å²) in [6.07, 6.45) is 1.12. The predicted octanol–water partition coefficient (Wildman–Crippen LogP) is 2.13. The van der Waals surface area contributed by atoms with E-state index in [-0.39, 0.29) is 11.5 Å². The summed E-state index contributed by atoms with van der Waals surface area (Å²) < 4.78 is 5.05. The highest BCUT2D eigenvalue weighted by Crippen LogP contribution is 2.25. The first-order valence-corrected chi connectivity index (χ1v) is 5.29. The van der Waals surface area contributed by atoms with Gasteiger partial charge in [-0.05, 0) is 24.6 Å². The maximum absolute atomic E-state index is 11.4. The topological polar surface area (TPSA) is 75.6 Å². The monoisotopic (exact) mass is 237 g/mol. The highest BCUT2D eigenvalue weighted by atomic mass is 16.5. The van der Waals surface area contributed by atoms with Crippen LogP contribution in [-0.2, 0) is 4.79 Å². The van der Waals surface area contributed by atoms with Gasteiger partial charge in [0.05, 0.1) is 18.4 Å². The molecule has 0 atom stereocenters. The van der Waals surface area contributed by atoms with E-state index in [0.29, 0.717) is 17.9 Å². The fourth-order valence-electron chi connectivity index (χ4n) is 1.38. The van der Waals surface area contributed by atoms with Crippen molar-refractivity contribution in [2.75, 3.05) is 12.4 Å². The molecule has 5 heteroatoms. The van der Waals surface area contributed by atoms with E-state index in [9.17, 15) is 9.59 Å². The van der Waals surface area contributed by atoms with Gasteiger partial charge < -0.3 is 15.2 Å². The number of carboxylic acid groups (broad SMARTS) is 1. The first-order chi connectivity index (χ1) is 8.08. The maximum Gasteiger partial charge on any atom is 0.335 e. The molecule has 1 rings (SSSR count). The Kier molecular flexibility index (Phi) is 4.51. The van der Waals surface area contributed by atoms with Crippen LogP contribution >= 0.6 is 0 Å². The van der Waals surface area contributed by atoms with E-state index in [2.05, 4.69) is 5.32 Å². The van der Waals surface area contributed by atoms with Crippen LogP contribution < -0.4 is 10.1 Å². The SMILES string of the molecule is CCCC(=O)Nc1cc(C(=O)O)ccc1OC. The van der Waals surface area contributed by atoms with Crippen LogP contribution in [0.1, 0.15) is 30.1 Å². The number of nitrogens with one attached hydrogen (secondary N) is 1. The Labute approximate surface area is 99.4 Å². The summed E-state index contributed by atoms with van der Waals surface area (Å²) in [7, 11) is 1.46. The highest BCUT2D eigenvalue weighted by molar-refractivity contribution is 5.95. The van der Waals surface area contributed by atoms with Crippen molar-refractivity contribution < 1.29 is 19.4 Å². The van der Waals surface area contributed by atoms with Crippen LogP contribution in [0.25, 0.3) is 0 Å². The summed E-state index contributed by atoms with van der Waals surface area (Å²) in [5.41, 5.74) is 0.489. The van der Waals surface area contributed by atoms with Crippen molar-refractivity contribution in [3.8, 4) is 5.75 Å². The van der Waals surface area contributed by atoms with Gasteiger partial charge in [-0.25, -0.2) is 4.79 Å². The predicted molar refractivity (Wildman–Crippen MR) is 63.5 cm³/mol. The molecule has 0 aliphatic carbocycles.